The molecule has 1 fully saturated rings. The number of aldehydes is 2. The summed E-state index contributed by atoms with van der Waals surface area (Å²) in [4.78, 5) is 71.3. The van der Waals surface area contributed by atoms with Crippen molar-refractivity contribution in [1.82, 2.24) is 20.4 Å². The fraction of sp³-hybridized carbons (Fsp3) is 0.529. The van der Waals surface area contributed by atoms with Gasteiger partial charge < -0.3 is 35.8 Å². The van der Waals surface area contributed by atoms with Crippen molar-refractivity contribution in [1.29, 1.82) is 0 Å². The van der Waals surface area contributed by atoms with Crippen LogP contribution in [0.3, 0.4) is 0 Å². The van der Waals surface area contributed by atoms with Crippen molar-refractivity contribution in [2.24, 2.45) is 5.73 Å². The van der Waals surface area contributed by atoms with Gasteiger partial charge in [-0.1, -0.05) is 57.2 Å². The van der Waals surface area contributed by atoms with E-state index in [4.69, 9.17) is 5.73 Å². The molecule has 11 heteroatoms. The normalized spacial score (nSPS) is 14.8. The van der Waals surface area contributed by atoms with Gasteiger partial charge in [-0.15, -0.1) is 0 Å². The Balaban J connectivity index is 0. The lowest BCUT2D eigenvalue weighted by molar-refractivity contribution is -0.136. The summed E-state index contributed by atoms with van der Waals surface area (Å²) in [6.07, 6.45) is 8.12. The first kappa shape index (κ1) is 43.0. The summed E-state index contributed by atoms with van der Waals surface area (Å²) in [5.74, 6) is -0.634. The van der Waals surface area contributed by atoms with Gasteiger partial charge in [0, 0.05) is 45.6 Å². The Bertz CT molecular complexity index is 1120. The maximum absolute atomic E-state index is 12.3. The summed E-state index contributed by atoms with van der Waals surface area (Å²) in [6.45, 7) is 13.3. The van der Waals surface area contributed by atoms with Crippen LogP contribution >= 0.6 is 0 Å². The van der Waals surface area contributed by atoms with E-state index in [1.165, 1.54) is 23.9 Å². The van der Waals surface area contributed by atoms with E-state index in [0.717, 1.165) is 42.2 Å². The maximum Gasteiger partial charge on any atom is 0.254 e. The third kappa shape index (κ3) is 14.9. The van der Waals surface area contributed by atoms with E-state index in [1.54, 1.807) is 13.0 Å². The van der Waals surface area contributed by atoms with Crippen molar-refractivity contribution in [3.05, 3.63) is 58.7 Å². The predicted molar refractivity (Wildman–Crippen MR) is 179 cm³/mol. The average Bonchev–Trinajstić information content (AvgIpc) is 3.40. The van der Waals surface area contributed by atoms with Gasteiger partial charge in [0.05, 0.1) is 0 Å². The van der Waals surface area contributed by atoms with Crippen LogP contribution in [0.2, 0.25) is 0 Å². The van der Waals surface area contributed by atoms with Crippen LogP contribution in [0.4, 0.5) is 0 Å². The summed E-state index contributed by atoms with van der Waals surface area (Å²) in [5, 5.41) is 5.08. The van der Waals surface area contributed by atoms with E-state index in [-0.39, 0.29) is 30.6 Å². The number of nitrogens with zero attached hydrogens (tertiary/aromatic N) is 2. The Labute approximate surface area is 269 Å². The number of rotatable bonds is 14. The number of carbonyl (C=O) groups excluding carboxylic acids is 6. The Hall–Kier alpha value is -4.12. The van der Waals surface area contributed by atoms with E-state index >= 15 is 0 Å². The van der Waals surface area contributed by atoms with Crippen molar-refractivity contribution in [2.75, 3.05) is 27.2 Å². The van der Waals surface area contributed by atoms with Crippen LogP contribution in [-0.4, -0.2) is 85.8 Å². The Kier molecular flexibility index (Phi) is 25.1. The van der Waals surface area contributed by atoms with E-state index in [2.05, 4.69) is 17.6 Å². The summed E-state index contributed by atoms with van der Waals surface area (Å²) >= 11 is 0. The molecule has 0 radical (unpaired) electrons. The highest BCUT2D eigenvalue weighted by atomic mass is 16.2. The zero-order valence-corrected chi connectivity index (χ0v) is 28.4. The number of hydrogen-bond donors (Lipinski definition) is 3. The van der Waals surface area contributed by atoms with Crippen LogP contribution in [0.5, 0.6) is 0 Å². The number of hydrogen-bond acceptors (Lipinski definition) is 7. The van der Waals surface area contributed by atoms with Crippen LogP contribution < -0.4 is 16.4 Å². The van der Waals surface area contributed by atoms with Crippen molar-refractivity contribution in [3.63, 3.8) is 0 Å². The van der Waals surface area contributed by atoms with Crippen molar-refractivity contribution in [3.8, 4) is 0 Å². The fourth-order valence-corrected chi connectivity index (χ4v) is 4.31. The molecule has 252 valence electrons. The van der Waals surface area contributed by atoms with Crippen LogP contribution in [0.15, 0.2) is 47.6 Å². The van der Waals surface area contributed by atoms with Crippen LogP contribution in [0.25, 0.3) is 0 Å². The van der Waals surface area contributed by atoms with Gasteiger partial charge in [-0.3, -0.25) is 19.2 Å². The van der Waals surface area contributed by atoms with Crippen LogP contribution in [0.1, 0.15) is 77.8 Å². The molecule has 1 aliphatic rings. The molecule has 4 amide bonds. The molecule has 0 bridgehead atoms. The van der Waals surface area contributed by atoms with Crippen LogP contribution in [-0.2, 0) is 35.3 Å². The van der Waals surface area contributed by atoms with E-state index in [1.807, 2.05) is 58.0 Å². The monoisotopic (exact) mass is 629 g/mol. The summed E-state index contributed by atoms with van der Waals surface area (Å²) in [6, 6.07) is 6.49. The van der Waals surface area contributed by atoms with Gasteiger partial charge in [0.2, 0.25) is 18.2 Å². The van der Waals surface area contributed by atoms with Gasteiger partial charge in [-0.25, -0.2) is 0 Å². The minimum atomic E-state index is -0.623. The lowest BCUT2D eigenvalue weighted by atomic mass is 10.1. The van der Waals surface area contributed by atoms with Gasteiger partial charge in [-0.05, 0) is 63.3 Å². The predicted octanol–water partition coefficient (Wildman–Crippen LogP) is 3.24. The molecule has 0 saturated carbocycles. The van der Waals surface area contributed by atoms with E-state index < -0.39 is 12.1 Å². The number of carbonyl (C=O) groups is 6. The number of aryl methyl sites for hydroxylation is 1. The smallest absolute Gasteiger partial charge is 0.254 e. The molecule has 1 aromatic carbocycles. The molecule has 0 aliphatic carbocycles. The third-order valence-corrected chi connectivity index (χ3v) is 6.84. The molecular formula is C34H55N5O6. The second-order valence-electron chi connectivity index (χ2n) is 9.69. The van der Waals surface area contributed by atoms with Crippen LogP contribution in [0, 0.1) is 6.92 Å². The van der Waals surface area contributed by atoms with Gasteiger partial charge in [0.1, 0.15) is 24.7 Å². The van der Waals surface area contributed by atoms with Gasteiger partial charge in [0.15, 0.2) is 0 Å². The lowest BCUT2D eigenvalue weighted by Crippen LogP contribution is -2.46. The summed E-state index contributed by atoms with van der Waals surface area (Å²) in [7, 11) is 3.05. The zero-order chi connectivity index (χ0) is 34.8. The number of nitrogens with two attached hydrogens (primary N) is 1. The molecule has 2 rings (SSSR count). The fourth-order valence-electron chi connectivity index (χ4n) is 4.31. The molecule has 1 heterocycles. The number of likely N-dealkylation sites (tertiary alicyclic amines) is 1. The van der Waals surface area contributed by atoms with Gasteiger partial charge in [-0.2, -0.15) is 0 Å². The molecule has 1 saturated heterocycles. The molecule has 2 unspecified atom stereocenters. The average molecular weight is 630 g/mol. The summed E-state index contributed by atoms with van der Waals surface area (Å²) < 4.78 is 0. The topological polar surface area (TPSA) is 159 Å². The van der Waals surface area contributed by atoms with Crippen molar-refractivity contribution < 1.29 is 28.8 Å². The quantitative estimate of drug-likeness (QED) is 0.210. The molecule has 4 N–H and O–H groups in total. The number of amides is 4. The van der Waals surface area contributed by atoms with Gasteiger partial charge in [0.25, 0.3) is 5.91 Å². The highest BCUT2D eigenvalue weighted by molar-refractivity contribution is 6.03. The number of nitrogens with one attached hydrogen (secondary N) is 2. The SMILES string of the molecule is C/C=C1/CN(C(CCC=O)C(=O)NC)C(=O)/C1=C/C.CC.CCCN.CNC(=O)C(CCC=O)N(C=O)Cc1ccccc1C. The molecule has 1 aliphatic heterocycles. The number of benzene rings is 1. The van der Waals surface area contributed by atoms with E-state index in [0.29, 0.717) is 37.9 Å². The Morgan fingerprint density at radius 1 is 0.978 bits per heavy atom. The zero-order valence-electron chi connectivity index (χ0n) is 28.4. The first-order valence-electron chi connectivity index (χ1n) is 15.5. The molecule has 2 atom stereocenters. The Morgan fingerprint density at radius 3 is 1.96 bits per heavy atom. The largest absolute Gasteiger partial charge is 0.357 e. The standard InChI is InChI=1S/C15H20N2O3.C14H20N2O3.C3H9N.C2H6/c1-12-6-3-4-7-13(12)10-17(11-19)14(8-5-9-18)15(20)16-2;1-4-10-9-16(14(19)11(10)5-2)12(7-6-8-17)13(18)15-3;1-2-3-4;1-2/h3-4,6-7,9,11,14H,5,8,10H2,1-2H3,(H,16,20);4-5,8,12H,6-7,9H2,1-3H3,(H,15,18);2-4H2,1H3;1-2H3/b;10-4-,11-5+;;. The number of allylic oxidation sites excluding steroid dienone is 2. The molecule has 1 aromatic rings. The second kappa shape index (κ2) is 26.3. The molecule has 0 spiro atoms. The number of likely N-dealkylation sites (N-methyl/N-ethyl adjacent to an activating group) is 2. The highest BCUT2D eigenvalue weighted by Crippen LogP contribution is 2.26. The minimum Gasteiger partial charge on any atom is -0.357 e. The maximum atomic E-state index is 12.3. The van der Waals surface area contributed by atoms with Crippen molar-refractivity contribution >= 4 is 36.7 Å². The third-order valence-electron chi connectivity index (χ3n) is 6.84. The Morgan fingerprint density at radius 2 is 1.53 bits per heavy atom. The molecule has 11 nitrogen and oxygen atoms in total. The lowest BCUT2D eigenvalue weighted by Gasteiger charge is -2.27. The molecule has 45 heavy (non-hydrogen) atoms. The minimum absolute atomic E-state index is 0.143. The first-order valence-corrected chi connectivity index (χ1v) is 15.5. The molecular weight excluding hydrogens is 574 g/mol. The summed E-state index contributed by atoms with van der Waals surface area (Å²) in [5.41, 5.74) is 8.64. The van der Waals surface area contributed by atoms with Crippen molar-refractivity contribution in [2.45, 2.75) is 92.3 Å². The van der Waals surface area contributed by atoms with Gasteiger partial charge >= 0.3 is 0 Å². The second-order valence-corrected chi connectivity index (χ2v) is 9.69. The highest BCUT2D eigenvalue weighted by Gasteiger charge is 2.37. The molecule has 0 aromatic heterocycles. The van der Waals surface area contributed by atoms with E-state index in [9.17, 15) is 28.8 Å². The first-order chi connectivity index (χ1) is 21.6.